The van der Waals surface area contributed by atoms with Crippen LogP contribution in [0.2, 0.25) is 0 Å². The van der Waals surface area contributed by atoms with Gasteiger partial charge < -0.3 is 11.1 Å². The number of amides is 1. The molecule has 2 rings (SSSR count). The van der Waals surface area contributed by atoms with Crippen molar-refractivity contribution in [1.29, 1.82) is 0 Å². The van der Waals surface area contributed by atoms with Crippen LogP contribution in [0.3, 0.4) is 0 Å². The van der Waals surface area contributed by atoms with Crippen molar-refractivity contribution < 1.29 is 18.0 Å². The molecule has 0 radical (unpaired) electrons. The molecule has 3 nitrogen and oxygen atoms in total. The van der Waals surface area contributed by atoms with Crippen LogP contribution in [0.25, 0.3) is 0 Å². The molecule has 112 valence electrons. The van der Waals surface area contributed by atoms with Crippen LogP contribution in [0.1, 0.15) is 24.8 Å². The maximum atomic E-state index is 12.5. The highest BCUT2D eigenvalue weighted by Gasteiger charge is 2.31. The monoisotopic (exact) mass is 308 g/mol. The van der Waals surface area contributed by atoms with Gasteiger partial charge in [0.1, 0.15) is 0 Å². The van der Waals surface area contributed by atoms with Gasteiger partial charge in [-0.2, -0.15) is 13.2 Å². The lowest BCUT2D eigenvalue weighted by atomic mass is 10.1. The van der Waals surface area contributed by atoms with E-state index in [2.05, 4.69) is 5.32 Å². The molecule has 1 aromatic rings. The summed E-state index contributed by atoms with van der Waals surface area (Å²) in [5.74, 6) is -0.461. The molecular weight excluding hydrogens is 293 g/mol. The molecule has 1 fully saturated rings. The molecule has 3 N–H and O–H groups in total. The number of rotatable bonds is 2. The molecule has 0 bridgehead atoms. The lowest BCUT2D eigenvalue weighted by Gasteiger charge is -2.12. The topological polar surface area (TPSA) is 55.1 Å². The highest BCUT2D eigenvalue weighted by Crippen LogP contribution is 2.31. The molecule has 2 atom stereocenters. The molecule has 2 unspecified atom stereocenters. The minimum Gasteiger partial charge on any atom is -0.328 e. The van der Waals surface area contributed by atoms with Crippen molar-refractivity contribution >= 4 is 24.0 Å². The van der Waals surface area contributed by atoms with E-state index in [9.17, 15) is 18.0 Å². The quantitative estimate of drug-likeness (QED) is 0.881. The molecule has 1 aliphatic rings. The summed E-state index contributed by atoms with van der Waals surface area (Å²) in [6.45, 7) is 0. The van der Waals surface area contributed by atoms with Gasteiger partial charge in [-0.25, -0.2) is 0 Å². The van der Waals surface area contributed by atoms with Gasteiger partial charge in [0.05, 0.1) is 5.56 Å². The van der Waals surface area contributed by atoms with Crippen LogP contribution in [-0.2, 0) is 11.0 Å². The zero-order chi connectivity index (χ0) is 14.0. The number of carbonyl (C=O) groups is 1. The summed E-state index contributed by atoms with van der Waals surface area (Å²) in [6, 6.07) is 4.65. The van der Waals surface area contributed by atoms with Crippen molar-refractivity contribution in [2.24, 2.45) is 11.7 Å². The SMILES string of the molecule is Cl.NC1CCC(C(=O)Nc2cccc(C(F)(F)F)c2)C1. The predicted octanol–water partition coefficient (Wildman–Crippen LogP) is 3.19. The van der Waals surface area contributed by atoms with Gasteiger partial charge in [0.25, 0.3) is 0 Å². The van der Waals surface area contributed by atoms with E-state index in [1.165, 1.54) is 12.1 Å². The minimum atomic E-state index is -4.41. The first-order valence-corrected chi connectivity index (χ1v) is 6.10. The zero-order valence-electron chi connectivity index (χ0n) is 10.6. The first-order chi connectivity index (χ1) is 8.86. The minimum absolute atomic E-state index is 0. The molecule has 0 spiro atoms. The third-order valence-electron chi connectivity index (χ3n) is 3.30. The van der Waals surface area contributed by atoms with Gasteiger partial charge in [-0.1, -0.05) is 6.07 Å². The van der Waals surface area contributed by atoms with Crippen LogP contribution in [0.4, 0.5) is 18.9 Å². The maximum Gasteiger partial charge on any atom is 0.416 e. The van der Waals surface area contributed by atoms with Crippen molar-refractivity contribution in [3.8, 4) is 0 Å². The second kappa shape index (κ2) is 6.45. The number of hydrogen-bond acceptors (Lipinski definition) is 2. The second-order valence-corrected chi connectivity index (χ2v) is 4.84. The van der Waals surface area contributed by atoms with Crippen LogP contribution in [0, 0.1) is 5.92 Å². The van der Waals surface area contributed by atoms with E-state index < -0.39 is 11.7 Å². The number of halogens is 4. The molecule has 0 saturated heterocycles. The molecule has 1 aliphatic carbocycles. The fraction of sp³-hybridized carbons (Fsp3) is 0.462. The van der Waals surface area contributed by atoms with E-state index in [4.69, 9.17) is 5.73 Å². The lowest BCUT2D eigenvalue weighted by Crippen LogP contribution is -2.23. The Kier molecular flexibility index (Phi) is 5.42. The lowest BCUT2D eigenvalue weighted by molar-refractivity contribution is -0.137. The van der Waals surface area contributed by atoms with Crippen LogP contribution in [-0.4, -0.2) is 11.9 Å². The van der Waals surface area contributed by atoms with Crippen molar-refractivity contribution in [1.82, 2.24) is 0 Å². The van der Waals surface area contributed by atoms with Crippen molar-refractivity contribution in [3.63, 3.8) is 0 Å². The molecule has 1 aromatic carbocycles. The van der Waals surface area contributed by atoms with E-state index in [0.29, 0.717) is 12.8 Å². The number of nitrogens with two attached hydrogens (primary N) is 1. The number of anilines is 1. The summed E-state index contributed by atoms with van der Waals surface area (Å²) in [6.07, 6.45) is -2.35. The maximum absolute atomic E-state index is 12.5. The number of nitrogens with one attached hydrogen (secondary N) is 1. The average molecular weight is 309 g/mol. The fourth-order valence-electron chi connectivity index (χ4n) is 2.27. The Bertz CT molecular complexity index is 479. The molecule has 7 heteroatoms. The summed E-state index contributed by atoms with van der Waals surface area (Å²) in [4.78, 5) is 11.9. The van der Waals surface area contributed by atoms with Crippen LogP contribution in [0.5, 0.6) is 0 Å². The standard InChI is InChI=1S/C13H15F3N2O.ClH/c14-13(15,16)9-2-1-3-11(7-9)18-12(19)8-4-5-10(17)6-8;/h1-3,7-8,10H,4-6,17H2,(H,18,19);1H. The van der Waals surface area contributed by atoms with Gasteiger partial charge in [0, 0.05) is 17.6 Å². The molecule has 0 aliphatic heterocycles. The van der Waals surface area contributed by atoms with Gasteiger partial charge in [-0.3, -0.25) is 4.79 Å². The largest absolute Gasteiger partial charge is 0.416 e. The van der Waals surface area contributed by atoms with Gasteiger partial charge >= 0.3 is 6.18 Å². The summed E-state index contributed by atoms with van der Waals surface area (Å²) < 4.78 is 37.6. The molecule has 1 saturated carbocycles. The highest BCUT2D eigenvalue weighted by atomic mass is 35.5. The van der Waals surface area contributed by atoms with Crippen LogP contribution >= 0.6 is 12.4 Å². The number of benzene rings is 1. The van der Waals surface area contributed by atoms with Crippen LogP contribution in [0.15, 0.2) is 24.3 Å². The Morgan fingerprint density at radius 2 is 2.00 bits per heavy atom. The smallest absolute Gasteiger partial charge is 0.328 e. The van der Waals surface area contributed by atoms with E-state index >= 15 is 0 Å². The third kappa shape index (κ3) is 4.11. The third-order valence-corrected chi connectivity index (χ3v) is 3.30. The molecule has 0 aromatic heterocycles. The van der Waals surface area contributed by atoms with Gasteiger partial charge in [-0.05, 0) is 37.5 Å². The number of carbonyl (C=O) groups excluding carboxylic acids is 1. The summed E-state index contributed by atoms with van der Waals surface area (Å²) in [5.41, 5.74) is 5.11. The molecule has 0 heterocycles. The molecule has 20 heavy (non-hydrogen) atoms. The second-order valence-electron chi connectivity index (χ2n) is 4.84. The van der Waals surface area contributed by atoms with E-state index in [1.54, 1.807) is 0 Å². The van der Waals surface area contributed by atoms with E-state index in [-0.39, 0.29) is 36.0 Å². The van der Waals surface area contributed by atoms with E-state index in [1.807, 2.05) is 0 Å². The normalized spacial score (nSPS) is 22.2. The summed E-state index contributed by atoms with van der Waals surface area (Å²) in [7, 11) is 0. The Labute approximate surface area is 121 Å². The Balaban J connectivity index is 0.00000200. The number of hydrogen-bond donors (Lipinski definition) is 2. The summed E-state index contributed by atoms with van der Waals surface area (Å²) >= 11 is 0. The van der Waals surface area contributed by atoms with Gasteiger partial charge in [0.2, 0.25) is 5.91 Å². The Morgan fingerprint density at radius 3 is 2.55 bits per heavy atom. The van der Waals surface area contributed by atoms with E-state index in [0.717, 1.165) is 18.6 Å². The average Bonchev–Trinajstić information content (AvgIpc) is 2.75. The van der Waals surface area contributed by atoms with Gasteiger partial charge in [-0.15, -0.1) is 12.4 Å². The Morgan fingerprint density at radius 1 is 1.30 bits per heavy atom. The van der Waals surface area contributed by atoms with Crippen molar-refractivity contribution in [2.75, 3.05) is 5.32 Å². The first kappa shape index (κ1) is 16.8. The van der Waals surface area contributed by atoms with Gasteiger partial charge in [0.15, 0.2) is 0 Å². The molecular formula is C13H16ClF3N2O. The number of alkyl halides is 3. The van der Waals surface area contributed by atoms with Crippen molar-refractivity contribution in [3.05, 3.63) is 29.8 Å². The zero-order valence-corrected chi connectivity index (χ0v) is 11.4. The van der Waals surface area contributed by atoms with Crippen molar-refractivity contribution in [2.45, 2.75) is 31.5 Å². The first-order valence-electron chi connectivity index (χ1n) is 6.10. The summed E-state index contributed by atoms with van der Waals surface area (Å²) in [5, 5.41) is 2.52. The highest BCUT2D eigenvalue weighted by molar-refractivity contribution is 5.92. The molecule has 1 amide bonds. The van der Waals surface area contributed by atoms with Crippen LogP contribution < -0.4 is 11.1 Å². The fourth-order valence-corrected chi connectivity index (χ4v) is 2.27. The predicted molar refractivity (Wildman–Crippen MR) is 72.6 cm³/mol. The Hall–Kier alpha value is -1.27.